The second kappa shape index (κ2) is 8.68. The quantitative estimate of drug-likeness (QED) is 0.476. The van der Waals surface area contributed by atoms with Gasteiger partial charge in [-0.05, 0) is 79.1 Å². The third-order valence-electron chi connectivity index (χ3n) is 5.18. The topological polar surface area (TPSA) is 66.5 Å². The van der Waals surface area contributed by atoms with Crippen molar-refractivity contribution in [2.24, 2.45) is 0 Å². The van der Waals surface area contributed by atoms with Gasteiger partial charge in [-0.1, -0.05) is 34.1 Å². The zero-order valence-corrected chi connectivity index (χ0v) is 20.2. The summed E-state index contributed by atoms with van der Waals surface area (Å²) < 4.78 is 29.0. The molecule has 0 spiro atoms. The third kappa shape index (κ3) is 4.66. The van der Waals surface area contributed by atoms with E-state index in [-0.39, 0.29) is 16.2 Å². The number of hydrogen-bond donors (Lipinski definition) is 1. The lowest BCUT2D eigenvalue weighted by Gasteiger charge is -2.25. The Morgan fingerprint density at radius 2 is 1.74 bits per heavy atom. The number of sulfonamides is 1. The summed E-state index contributed by atoms with van der Waals surface area (Å²) in [5.74, 6) is 0.422. The van der Waals surface area contributed by atoms with Crippen LogP contribution >= 0.6 is 27.7 Å². The summed E-state index contributed by atoms with van der Waals surface area (Å²) in [6.45, 7) is 4.07. The molecule has 1 saturated heterocycles. The third-order valence-corrected chi connectivity index (χ3v) is 8.32. The van der Waals surface area contributed by atoms with Crippen molar-refractivity contribution in [1.82, 2.24) is 0 Å². The second-order valence-electron chi connectivity index (χ2n) is 7.38. The molecule has 31 heavy (non-hydrogen) atoms. The smallest absolute Gasteiger partial charge is 0.261 e. The average Bonchev–Trinajstić information content (AvgIpc) is 3.12. The van der Waals surface area contributed by atoms with E-state index in [1.807, 2.05) is 38.1 Å². The van der Waals surface area contributed by atoms with Crippen LogP contribution in [0.15, 0.2) is 76.1 Å². The van der Waals surface area contributed by atoms with Crippen LogP contribution in [0.2, 0.25) is 0 Å². The number of thioether (sulfide) groups is 1. The van der Waals surface area contributed by atoms with Crippen LogP contribution in [0.1, 0.15) is 22.1 Å². The van der Waals surface area contributed by atoms with Crippen molar-refractivity contribution in [1.29, 1.82) is 0 Å². The maximum absolute atomic E-state index is 12.8. The van der Waals surface area contributed by atoms with Crippen LogP contribution in [0.5, 0.6) is 0 Å². The minimum atomic E-state index is -3.72. The van der Waals surface area contributed by atoms with E-state index < -0.39 is 10.0 Å². The van der Waals surface area contributed by atoms with Gasteiger partial charge in [-0.3, -0.25) is 14.4 Å². The Kier molecular flexibility index (Phi) is 6.14. The lowest BCUT2D eigenvalue weighted by molar-refractivity contribution is -0.115. The Balaban J connectivity index is 1.63. The average molecular weight is 517 g/mol. The van der Waals surface area contributed by atoms with Crippen molar-refractivity contribution in [3.8, 4) is 0 Å². The minimum absolute atomic E-state index is 0.0408. The lowest BCUT2D eigenvalue weighted by atomic mass is 10.1. The van der Waals surface area contributed by atoms with Gasteiger partial charge in [0.2, 0.25) is 5.91 Å². The van der Waals surface area contributed by atoms with Gasteiger partial charge in [0.1, 0.15) is 5.37 Å². The first-order valence-corrected chi connectivity index (χ1v) is 13.0. The first-order valence-electron chi connectivity index (χ1n) is 9.64. The van der Waals surface area contributed by atoms with Crippen LogP contribution in [-0.2, 0) is 14.8 Å². The van der Waals surface area contributed by atoms with E-state index in [2.05, 4.69) is 20.7 Å². The van der Waals surface area contributed by atoms with Crippen LogP contribution in [0, 0.1) is 13.8 Å². The number of halogens is 1. The molecule has 0 aromatic heterocycles. The number of carbonyl (C=O) groups is 1. The molecule has 1 heterocycles. The summed E-state index contributed by atoms with van der Waals surface area (Å²) in [5.41, 5.74) is 4.47. The summed E-state index contributed by atoms with van der Waals surface area (Å²) in [6.07, 6.45) is 0. The van der Waals surface area contributed by atoms with Crippen molar-refractivity contribution >= 4 is 55.0 Å². The standard InChI is InChI=1S/C23H21BrN2O3S2/c1-15-6-9-20(12-16(15)2)26-22(27)14-30-23(26)17-4-3-5-19(13-17)25-31(28,29)21-10-7-18(24)8-11-21/h3-13,23,25H,14H2,1-2H3/t23-/m1/s1. The maximum Gasteiger partial charge on any atom is 0.261 e. The van der Waals surface area contributed by atoms with Gasteiger partial charge in [-0.25, -0.2) is 8.42 Å². The van der Waals surface area contributed by atoms with Gasteiger partial charge in [0.15, 0.2) is 0 Å². The van der Waals surface area contributed by atoms with E-state index in [0.717, 1.165) is 21.3 Å². The molecule has 0 radical (unpaired) electrons. The number of nitrogens with one attached hydrogen (secondary N) is 1. The molecule has 0 aliphatic carbocycles. The van der Waals surface area contributed by atoms with Gasteiger partial charge >= 0.3 is 0 Å². The molecule has 3 aromatic carbocycles. The Morgan fingerprint density at radius 1 is 1.00 bits per heavy atom. The van der Waals surface area contributed by atoms with Crippen LogP contribution in [0.3, 0.4) is 0 Å². The first kappa shape index (κ1) is 21.9. The number of carbonyl (C=O) groups excluding carboxylic acids is 1. The van der Waals surface area contributed by atoms with Gasteiger partial charge in [0.05, 0.1) is 10.6 Å². The highest BCUT2D eigenvalue weighted by molar-refractivity contribution is 9.10. The molecule has 1 fully saturated rings. The Labute approximate surface area is 195 Å². The van der Waals surface area contributed by atoms with Gasteiger partial charge in [0, 0.05) is 15.8 Å². The molecule has 1 N–H and O–H groups in total. The predicted molar refractivity (Wildman–Crippen MR) is 130 cm³/mol. The van der Waals surface area contributed by atoms with Crippen LogP contribution in [-0.4, -0.2) is 20.1 Å². The largest absolute Gasteiger partial charge is 0.295 e. The van der Waals surface area contributed by atoms with Crippen LogP contribution in [0.4, 0.5) is 11.4 Å². The zero-order valence-electron chi connectivity index (χ0n) is 17.0. The molecule has 1 aliphatic rings. The van der Waals surface area contributed by atoms with Crippen molar-refractivity contribution in [3.05, 3.63) is 87.9 Å². The fraction of sp³-hybridized carbons (Fsp3) is 0.174. The first-order chi connectivity index (χ1) is 14.7. The van der Waals surface area contributed by atoms with E-state index in [4.69, 9.17) is 0 Å². The van der Waals surface area contributed by atoms with Gasteiger partial charge in [-0.2, -0.15) is 0 Å². The highest BCUT2D eigenvalue weighted by Gasteiger charge is 2.34. The highest BCUT2D eigenvalue weighted by Crippen LogP contribution is 2.42. The van der Waals surface area contributed by atoms with E-state index in [9.17, 15) is 13.2 Å². The molecule has 0 bridgehead atoms. The van der Waals surface area contributed by atoms with Gasteiger partial charge in [0.25, 0.3) is 10.0 Å². The zero-order chi connectivity index (χ0) is 22.2. The van der Waals surface area contributed by atoms with Crippen molar-refractivity contribution in [3.63, 3.8) is 0 Å². The molecule has 1 atom stereocenters. The summed E-state index contributed by atoms with van der Waals surface area (Å²) in [5, 5.41) is -0.216. The lowest BCUT2D eigenvalue weighted by Crippen LogP contribution is -2.28. The second-order valence-corrected chi connectivity index (χ2v) is 11.0. The number of aryl methyl sites for hydroxylation is 2. The molecule has 5 nitrogen and oxygen atoms in total. The SMILES string of the molecule is Cc1ccc(N2C(=O)CS[C@@H]2c2cccc(NS(=O)(=O)c3ccc(Br)cc3)c2)cc1C. The van der Waals surface area contributed by atoms with Crippen LogP contribution < -0.4 is 9.62 Å². The predicted octanol–water partition coefficient (Wildman–Crippen LogP) is 5.65. The van der Waals surface area contributed by atoms with Crippen molar-refractivity contribution < 1.29 is 13.2 Å². The summed E-state index contributed by atoms with van der Waals surface area (Å²) >= 11 is 4.85. The molecule has 3 aromatic rings. The van der Waals surface area contributed by atoms with Crippen molar-refractivity contribution in [2.45, 2.75) is 24.1 Å². The Bertz CT molecular complexity index is 1240. The number of benzene rings is 3. The number of amides is 1. The molecule has 0 unspecified atom stereocenters. The van der Waals surface area contributed by atoms with Crippen LogP contribution in [0.25, 0.3) is 0 Å². The van der Waals surface area contributed by atoms with Gasteiger partial charge in [-0.15, -0.1) is 11.8 Å². The molecule has 8 heteroatoms. The van der Waals surface area contributed by atoms with E-state index >= 15 is 0 Å². The van der Waals surface area contributed by atoms with Crippen molar-refractivity contribution in [2.75, 3.05) is 15.4 Å². The normalized spacial score (nSPS) is 16.5. The molecule has 1 amide bonds. The fourth-order valence-corrected chi connectivity index (χ4v) is 5.89. The van der Waals surface area contributed by atoms with E-state index in [0.29, 0.717) is 11.4 Å². The maximum atomic E-state index is 12.8. The highest BCUT2D eigenvalue weighted by atomic mass is 79.9. The minimum Gasteiger partial charge on any atom is -0.295 e. The number of anilines is 2. The Morgan fingerprint density at radius 3 is 2.45 bits per heavy atom. The number of nitrogens with zero attached hydrogens (tertiary/aromatic N) is 1. The molecule has 1 aliphatic heterocycles. The number of hydrogen-bond acceptors (Lipinski definition) is 4. The molecule has 4 rings (SSSR count). The van der Waals surface area contributed by atoms with Gasteiger partial charge < -0.3 is 0 Å². The summed E-state index contributed by atoms with van der Waals surface area (Å²) in [4.78, 5) is 14.6. The summed E-state index contributed by atoms with van der Waals surface area (Å²) in [7, 11) is -3.72. The van der Waals surface area contributed by atoms with E-state index in [1.54, 1.807) is 47.4 Å². The van der Waals surface area contributed by atoms with E-state index in [1.165, 1.54) is 17.3 Å². The fourth-order valence-electron chi connectivity index (χ4n) is 3.41. The Hall–Kier alpha value is -2.29. The molecule has 0 saturated carbocycles. The summed E-state index contributed by atoms with van der Waals surface area (Å²) in [6, 6.07) is 19.7. The molecular formula is C23H21BrN2O3S2. The molecule has 160 valence electrons. The molecular weight excluding hydrogens is 496 g/mol. The monoisotopic (exact) mass is 516 g/mol. The number of rotatable bonds is 5.